The summed E-state index contributed by atoms with van der Waals surface area (Å²) < 4.78 is 26.4. The van der Waals surface area contributed by atoms with Gasteiger partial charge in [-0.2, -0.15) is 0 Å². The van der Waals surface area contributed by atoms with Crippen LogP contribution in [0.25, 0.3) is 10.9 Å². The summed E-state index contributed by atoms with van der Waals surface area (Å²) in [6.45, 7) is 2.31. The third-order valence-electron chi connectivity index (χ3n) is 6.93. The van der Waals surface area contributed by atoms with E-state index in [1.54, 1.807) is 18.5 Å². The van der Waals surface area contributed by atoms with Crippen molar-refractivity contribution in [1.29, 1.82) is 5.41 Å². The van der Waals surface area contributed by atoms with Crippen LogP contribution in [0.15, 0.2) is 42.0 Å². The molecule has 214 valence electrons. The number of likely N-dealkylation sites (tertiary alicyclic amines) is 1. The van der Waals surface area contributed by atoms with Gasteiger partial charge in [0.15, 0.2) is 5.01 Å². The molecule has 1 aromatic carbocycles. The maximum Gasteiger partial charge on any atom is 0.240 e. The number of amides is 2. The fourth-order valence-electron chi connectivity index (χ4n) is 4.91. The topological polar surface area (TPSA) is 177 Å². The molecule has 2 unspecified atom stereocenters. The number of piperidine rings is 1. The van der Waals surface area contributed by atoms with E-state index in [4.69, 9.17) is 5.41 Å². The van der Waals surface area contributed by atoms with Gasteiger partial charge in [-0.25, -0.2) is 18.1 Å². The molecule has 3 aromatic rings. The maximum atomic E-state index is 13.2. The number of ketones is 1. The van der Waals surface area contributed by atoms with E-state index in [1.165, 1.54) is 17.5 Å². The number of aromatic nitrogens is 2. The van der Waals surface area contributed by atoms with Gasteiger partial charge in [0.2, 0.25) is 27.6 Å². The number of thiazole rings is 1. The number of sulfonamides is 1. The number of carbonyl (C=O) groups is 3. The second kappa shape index (κ2) is 12.7. The van der Waals surface area contributed by atoms with E-state index in [0.717, 1.165) is 22.7 Å². The molecule has 1 fully saturated rings. The smallest absolute Gasteiger partial charge is 0.240 e. The summed E-state index contributed by atoms with van der Waals surface area (Å²) in [7, 11) is -3.71. The van der Waals surface area contributed by atoms with Crippen molar-refractivity contribution in [3.63, 3.8) is 0 Å². The van der Waals surface area contributed by atoms with E-state index in [2.05, 4.69) is 25.3 Å². The third kappa shape index (κ3) is 7.52. The highest BCUT2D eigenvalue weighted by atomic mass is 32.2. The molecule has 1 aliphatic heterocycles. The Morgan fingerprint density at radius 1 is 1.23 bits per heavy atom. The number of amidine groups is 1. The summed E-state index contributed by atoms with van der Waals surface area (Å²) in [4.78, 5) is 48.4. The van der Waals surface area contributed by atoms with Crippen LogP contribution >= 0.6 is 11.3 Å². The number of para-hydroxylation sites is 1. The van der Waals surface area contributed by atoms with Crippen molar-refractivity contribution in [3.8, 4) is 0 Å². The molecular formula is C26H33N7O5S2. The molecule has 1 aliphatic rings. The van der Waals surface area contributed by atoms with Gasteiger partial charge in [-0.3, -0.25) is 19.8 Å². The van der Waals surface area contributed by atoms with Crippen LogP contribution in [0.2, 0.25) is 0 Å². The normalized spacial score (nSPS) is 15.9. The molecule has 2 amide bonds. The van der Waals surface area contributed by atoms with E-state index < -0.39 is 40.5 Å². The van der Waals surface area contributed by atoms with Crippen molar-refractivity contribution in [1.82, 2.24) is 30.2 Å². The molecular weight excluding hydrogens is 554 g/mol. The molecule has 0 bridgehead atoms. The molecule has 2 atom stereocenters. The highest BCUT2D eigenvalue weighted by Gasteiger charge is 2.34. The molecule has 1 saturated heterocycles. The van der Waals surface area contributed by atoms with Gasteiger partial charge in [0, 0.05) is 48.2 Å². The fraction of sp³-hybridized carbons (Fsp3) is 0.423. The molecule has 2 aromatic heterocycles. The lowest BCUT2D eigenvalue weighted by Crippen LogP contribution is -2.55. The van der Waals surface area contributed by atoms with Crippen LogP contribution in [0.4, 0.5) is 0 Å². The van der Waals surface area contributed by atoms with Crippen LogP contribution in [0.3, 0.4) is 0 Å². The van der Waals surface area contributed by atoms with Crippen LogP contribution in [0, 0.1) is 11.3 Å². The van der Waals surface area contributed by atoms with Crippen LogP contribution in [0.1, 0.15) is 35.1 Å². The van der Waals surface area contributed by atoms with Gasteiger partial charge in [-0.15, -0.1) is 11.3 Å². The number of Topliss-reactive ketones (excluding diaryl/α,β-unsaturated/α-hetero) is 1. The van der Waals surface area contributed by atoms with Crippen LogP contribution in [-0.4, -0.2) is 84.7 Å². The highest BCUT2D eigenvalue weighted by Crippen LogP contribution is 2.22. The molecule has 40 heavy (non-hydrogen) atoms. The number of nitrogens with zero attached hydrogens (tertiary/aromatic N) is 2. The highest BCUT2D eigenvalue weighted by molar-refractivity contribution is 7.88. The predicted octanol–water partition coefficient (Wildman–Crippen LogP) is 1.28. The van der Waals surface area contributed by atoms with Gasteiger partial charge in [-0.1, -0.05) is 18.2 Å². The second-order valence-corrected chi connectivity index (χ2v) is 12.6. The van der Waals surface area contributed by atoms with Gasteiger partial charge in [0.25, 0.3) is 0 Å². The zero-order valence-electron chi connectivity index (χ0n) is 22.3. The summed E-state index contributed by atoms with van der Waals surface area (Å²) in [5.74, 6) is -1.43. The lowest BCUT2D eigenvalue weighted by atomic mass is 9.89. The Hall–Kier alpha value is -3.62. The van der Waals surface area contributed by atoms with Gasteiger partial charge in [-0.05, 0) is 37.3 Å². The van der Waals surface area contributed by atoms with E-state index in [-0.39, 0.29) is 23.1 Å². The monoisotopic (exact) mass is 587 g/mol. The Balaban J connectivity index is 1.43. The summed E-state index contributed by atoms with van der Waals surface area (Å²) >= 11 is 1.18. The molecule has 0 spiro atoms. The molecule has 3 heterocycles. The number of H-pyrrole nitrogens is 1. The van der Waals surface area contributed by atoms with Crippen molar-refractivity contribution in [2.24, 2.45) is 5.92 Å². The molecule has 4 rings (SSSR count). The number of carbonyl (C=O) groups excluding carboxylic acids is 3. The Morgan fingerprint density at radius 3 is 2.60 bits per heavy atom. The van der Waals surface area contributed by atoms with Crippen LogP contribution in [0.5, 0.6) is 0 Å². The third-order valence-corrected chi connectivity index (χ3v) is 8.40. The average Bonchev–Trinajstić information content (AvgIpc) is 3.60. The summed E-state index contributed by atoms with van der Waals surface area (Å²) in [5.41, 5.74) is 1.75. The minimum Gasteiger partial charge on any atom is -0.361 e. The van der Waals surface area contributed by atoms with Gasteiger partial charge < -0.3 is 20.5 Å². The minimum absolute atomic E-state index is 0.214. The molecule has 0 aliphatic carbocycles. The number of rotatable bonds is 11. The number of nitrogens with one attached hydrogen (secondary N) is 5. The van der Waals surface area contributed by atoms with E-state index in [0.29, 0.717) is 31.8 Å². The Morgan fingerprint density at radius 2 is 1.95 bits per heavy atom. The summed E-state index contributed by atoms with van der Waals surface area (Å²) in [6, 6.07) is 5.65. The number of benzene rings is 1. The second-order valence-electron chi connectivity index (χ2n) is 9.88. The average molecular weight is 588 g/mol. The maximum absolute atomic E-state index is 13.2. The van der Waals surface area contributed by atoms with E-state index in [9.17, 15) is 22.8 Å². The fourth-order valence-corrected chi connectivity index (χ4v) is 6.30. The molecule has 12 nitrogen and oxygen atoms in total. The zero-order valence-corrected chi connectivity index (χ0v) is 23.9. The van der Waals surface area contributed by atoms with E-state index >= 15 is 0 Å². The number of aromatic amines is 1. The standard InChI is InChI=1S/C26H33N7O5S2/c1-16(27)33-10-7-17(8-11-33)23(32-40(2,37)38)25(36)30-15-22(34)31-21(24(35)26-28-9-12-39-26)13-18-14-29-20-6-4-3-5-19(18)20/h3-6,9,12,14,17,21,23,27,29,32H,7-8,10-11,13,15H2,1-2H3,(H,30,36)(H,31,34). The number of hydrogen-bond acceptors (Lipinski definition) is 8. The van der Waals surface area contributed by atoms with E-state index in [1.807, 2.05) is 29.2 Å². The van der Waals surface area contributed by atoms with Crippen molar-refractivity contribution in [3.05, 3.63) is 52.6 Å². The van der Waals surface area contributed by atoms with Crippen molar-refractivity contribution < 1.29 is 22.8 Å². The van der Waals surface area contributed by atoms with Gasteiger partial charge in [0.1, 0.15) is 6.04 Å². The first-order chi connectivity index (χ1) is 19.0. The SMILES string of the molecule is CC(=N)N1CCC(C(NS(C)(=O)=O)C(=O)NCC(=O)NC(Cc2c[nH]c3ccccc23)C(=O)c2nccs2)CC1. The Labute approximate surface area is 236 Å². The number of fused-ring (bicyclic) bond motifs is 1. The first kappa shape index (κ1) is 29.4. The largest absolute Gasteiger partial charge is 0.361 e. The molecule has 0 radical (unpaired) electrons. The van der Waals surface area contributed by atoms with Crippen LogP contribution in [-0.2, 0) is 26.0 Å². The van der Waals surface area contributed by atoms with Gasteiger partial charge in [0.05, 0.1) is 24.7 Å². The van der Waals surface area contributed by atoms with Gasteiger partial charge >= 0.3 is 0 Å². The van der Waals surface area contributed by atoms with Crippen LogP contribution < -0.4 is 15.4 Å². The predicted molar refractivity (Wildman–Crippen MR) is 153 cm³/mol. The zero-order chi connectivity index (χ0) is 28.9. The summed E-state index contributed by atoms with van der Waals surface area (Å²) in [6.07, 6.45) is 5.54. The molecule has 0 saturated carbocycles. The molecule has 14 heteroatoms. The Kier molecular flexibility index (Phi) is 9.32. The summed E-state index contributed by atoms with van der Waals surface area (Å²) in [5, 5.41) is 15.9. The minimum atomic E-state index is -3.71. The van der Waals surface area contributed by atoms with Crippen molar-refractivity contribution in [2.75, 3.05) is 25.9 Å². The lowest BCUT2D eigenvalue weighted by Gasteiger charge is -2.36. The lowest BCUT2D eigenvalue weighted by molar-refractivity contribution is -0.128. The first-order valence-electron chi connectivity index (χ1n) is 12.8. The van der Waals surface area contributed by atoms with Crippen molar-refractivity contribution in [2.45, 2.75) is 38.3 Å². The Bertz CT molecular complexity index is 1480. The number of hydrogen-bond donors (Lipinski definition) is 5. The first-order valence-corrected chi connectivity index (χ1v) is 15.6. The molecule has 5 N–H and O–H groups in total. The quantitative estimate of drug-likeness (QED) is 0.127. The van der Waals surface area contributed by atoms with Crippen molar-refractivity contribution >= 4 is 55.7 Å².